The normalized spacial score (nSPS) is 12.5. The highest BCUT2D eigenvalue weighted by molar-refractivity contribution is 5.81. The number of hydrogen-bond acceptors (Lipinski definition) is 3. The number of fused-ring (bicyclic) bond motifs is 1. The molecular weight excluding hydrogens is 324 g/mol. The third-order valence-electron chi connectivity index (χ3n) is 4.65. The van der Waals surface area contributed by atoms with Crippen LogP contribution >= 0.6 is 0 Å². The van der Waals surface area contributed by atoms with E-state index in [9.17, 15) is 4.79 Å². The van der Waals surface area contributed by atoms with Crippen molar-refractivity contribution in [3.05, 3.63) is 66.0 Å². The smallest absolute Gasteiger partial charge is 0.240 e. The van der Waals surface area contributed by atoms with Crippen LogP contribution < -0.4 is 5.32 Å². The van der Waals surface area contributed by atoms with E-state index in [2.05, 4.69) is 34.3 Å². The number of carbonyl (C=O) groups excluding carboxylic acids is 1. The Balaban J connectivity index is 1.71. The Kier molecular flexibility index (Phi) is 5.68. The van der Waals surface area contributed by atoms with Crippen molar-refractivity contribution in [2.24, 2.45) is 0 Å². The lowest BCUT2D eigenvalue weighted by molar-refractivity contribution is -0.121. The molecule has 3 aromatic rings. The highest BCUT2D eigenvalue weighted by Gasteiger charge is 2.16. The van der Waals surface area contributed by atoms with E-state index >= 15 is 0 Å². The minimum atomic E-state index is 0.00522. The molecule has 0 aliphatic rings. The van der Waals surface area contributed by atoms with Crippen LogP contribution in [0.4, 0.5) is 0 Å². The van der Waals surface area contributed by atoms with Gasteiger partial charge in [0.25, 0.3) is 0 Å². The molecule has 136 valence electrons. The molecule has 1 heterocycles. The Labute approximate surface area is 154 Å². The summed E-state index contributed by atoms with van der Waals surface area (Å²) >= 11 is 0. The van der Waals surface area contributed by atoms with Crippen LogP contribution in [-0.4, -0.2) is 41.0 Å². The topological polar surface area (TPSA) is 50.2 Å². The van der Waals surface area contributed by atoms with Crippen molar-refractivity contribution in [3.63, 3.8) is 0 Å². The first-order chi connectivity index (χ1) is 12.6. The maximum Gasteiger partial charge on any atom is 0.240 e. The van der Waals surface area contributed by atoms with E-state index in [1.165, 1.54) is 5.56 Å². The second-order valence-corrected chi connectivity index (χ2v) is 6.65. The Morgan fingerprint density at radius 2 is 1.81 bits per heavy atom. The second kappa shape index (κ2) is 8.15. The van der Waals surface area contributed by atoms with E-state index in [1.807, 2.05) is 61.1 Å². The van der Waals surface area contributed by atoms with Crippen LogP contribution in [0.5, 0.6) is 0 Å². The highest BCUT2D eigenvalue weighted by atomic mass is 16.1. The first-order valence-electron chi connectivity index (χ1n) is 9.02. The van der Waals surface area contributed by atoms with Gasteiger partial charge in [0.2, 0.25) is 5.91 Å². The summed E-state index contributed by atoms with van der Waals surface area (Å²) in [6.45, 7) is 2.93. The predicted octanol–water partition coefficient (Wildman–Crippen LogP) is 3.02. The van der Waals surface area contributed by atoms with Crippen LogP contribution in [0.2, 0.25) is 0 Å². The third kappa shape index (κ3) is 3.94. The summed E-state index contributed by atoms with van der Waals surface area (Å²) in [5, 5.41) is 3.09. The minimum absolute atomic E-state index is 0.00522. The van der Waals surface area contributed by atoms with Gasteiger partial charge in [-0.25, -0.2) is 4.98 Å². The number of nitrogens with zero attached hydrogens (tertiary/aromatic N) is 3. The van der Waals surface area contributed by atoms with Gasteiger partial charge >= 0.3 is 0 Å². The molecule has 1 N–H and O–H groups in total. The van der Waals surface area contributed by atoms with Crippen LogP contribution in [0.3, 0.4) is 0 Å². The van der Waals surface area contributed by atoms with Crippen molar-refractivity contribution in [1.82, 2.24) is 19.8 Å². The predicted molar refractivity (Wildman–Crippen MR) is 105 cm³/mol. The summed E-state index contributed by atoms with van der Waals surface area (Å²) in [5.41, 5.74) is 3.14. The number of nitrogens with one attached hydrogen (secondary N) is 1. The van der Waals surface area contributed by atoms with Gasteiger partial charge in [0.05, 0.1) is 17.1 Å². The van der Waals surface area contributed by atoms with Gasteiger partial charge in [-0.1, -0.05) is 49.4 Å². The van der Waals surface area contributed by atoms with Gasteiger partial charge in [-0.2, -0.15) is 0 Å². The van der Waals surface area contributed by atoms with Gasteiger partial charge < -0.3 is 14.8 Å². The van der Waals surface area contributed by atoms with E-state index in [0.717, 1.165) is 23.3 Å². The molecule has 0 saturated carbocycles. The van der Waals surface area contributed by atoms with E-state index in [-0.39, 0.29) is 11.9 Å². The maximum atomic E-state index is 12.6. The molecule has 0 aliphatic heterocycles. The lowest BCUT2D eigenvalue weighted by Gasteiger charge is -2.25. The van der Waals surface area contributed by atoms with Gasteiger partial charge in [0.15, 0.2) is 0 Å². The summed E-state index contributed by atoms with van der Waals surface area (Å²) in [7, 11) is 4.06. The maximum absolute atomic E-state index is 12.6. The lowest BCUT2D eigenvalue weighted by atomic mass is 10.1. The zero-order valence-corrected chi connectivity index (χ0v) is 15.6. The fourth-order valence-corrected chi connectivity index (χ4v) is 3.26. The van der Waals surface area contributed by atoms with Crippen LogP contribution in [0.15, 0.2) is 54.6 Å². The van der Waals surface area contributed by atoms with Crippen LogP contribution in [-0.2, 0) is 17.8 Å². The van der Waals surface area contributed by atoms with E-state index in [1.54, 1.807) is 0 Å². The van der Waals surface area contributed by atoms with Crippen molar-refractivity contribution in [2.45, 2.75) is 25.9 Å². The summed E-state index contributed by atoms with van der Waals surface area (Å²) < 4.78 is 2.01. The Bertz CT molecular complexity index is 870. The number of likely N-dealkylation sites (N-methyl/N-ethyl adjacent to an activating group) is 1. The van der Waals surface area contributed by atoms with Crippen LogP contribution in [0.1, 0.15) is 24.4 Å². The molecule has 0 fully saturated rings. The standard InChI is InChI=1S/C21H26N4O/c1-4-20-23-17-12-8-9-13-18(17)25(20)15-21(26)22-14-19(24(2)3)16-10-6-5-7-11-16/h5-13,19H,4,14-15H2,1-3H3,(H,22,26)/t19-/m1/s1. The molecule has 1 aromatic heterocycles. The molecule has 26 heavy (non-hydrogen) atoms. The number of benzene rings is 2. The number of carbonyl (C=O) groups is 1. The number of aromatic nitrogens is 2. The number of rotatable bonds is 7. The van der Waals surface area contributed by atoms with Crippen molar-refractivity contribution >= 4 is 16.9 Å². The SMILES string of the molecule is CCc1nc2ccccc2n1CC(=O)NC[C@H](c1ccccc1)N(C)C. The Morgan fingerprint density at radius 1 is 1.12 bits per heavy atom. The summed E-state index contributed by atoms with van der Waals surface area (Å²) in [6, 6.07) is 18.3. The van der Waals surface area contributed by atoms with Gasteiger partial charge in [-0.3, -0.25) is 4.79 Å². The van der Waals surface area contributed by atoms with Gasteiger partial charge in [0, 0.05) is 13.0 Å². The van der Waals surface area contributed by atoms with Gasteiger partial charge in [0.1, 0.15) is 12.4 Å². The molecule has 5 heteroatoms. The summed E-state index contributed by atoms with van der Waals surface area (Å²) in [4.78, 5) is 19.4. The van der Waals surface area contributed by atoms with Crippen molar-refractivity contribution in [1.29, 1.82) is 0 Å². The zero-order valence-electron chi connectivity index (χ0n) is 15.6. The highest BCUT2D eigenvalue weighted by Crippen LogP contribution is 2.18. The zero-order chi connectivity index (χ0) is 18.5. The van der Waals surface area contributed by atoms with Gasteiger partial charge in [-0.05, 0) is 31.8 Å². The largest absolute Gasteiger partial charge is 0.353 e. The van der Waals surface area contributed by atoms with Crippen molar-refractivity contribution in [2.75, 3.05) is 20.6 Å². The second-order valence-electron chi connectivity index (χ2n) is 6.65. The molecule has 0 unspecified atom stereocenters. The molecule has 0 radical (unpaired) electrons. The number of imidazole rings is 1. The third-order valence-corrected chi connectivity index (χ3v) is 4.65. The fraction of sp³-hybridized carbons (Fsp3) is 0.333. The summed E-state index contributed by atoms with van der Waals surface area (Å²) in [5.74, 6) is 0.944. The Morgan fingerprint density at radius 3 is 2.50 bits per heavy atom. The number of amides is 1. The lowest BCUT2D eigenvalue weighted by Crippen LogP contribution is -2.36. The molecule has 1 atom stereocenters. The van der Waals surface area contributed by atoms with Crippen LogP contribution in [0.25, 0.3) is 11.0 Å². The molecule has 2 aromatic carbocycles. The van der Waals surface area contributed by atoms with Gasteiger partial charge in [-0.15, -0.1) is 0 Å². The Hall–Kier alpha value is -2.66. The number of para-hydroxylation sites is 2. The van der Waals surface area contributed by atoms with E-state index < -0.39 is 0 Å². The van der Waals surface area contributed by atoms with Crippen LogP contribution in [0, 0.1) is 0 Å². The average molecular weight is 350 g/mol. The quantitative estimate of drug-likeness (QED) is 0.713. The molecule has 0 saturated heterocycles. The first-order valence-corrected chi connectivity index (χ1v) is 9.02. The molecule has 0 aliphatic carbocycles. The molecular formula is C21H26N4O. The van der Waals surface area contributed by atoms with Crippen molar-refractivity contribution < 1.29 is 4.79 Å². The molecule has 0 bridgehead atoms. The summed E-state index contributed by atoms with van der Waals surface area (Å²) in [6.07, 6.45) is 0.798. The van der Waals surface area contributed by atoms with Crippen molar-refractivity contribution in [3.8, 4) is 0 Å². The fourth-order valence-electron chi connectivity index (χ4n) is 3.26. The number of hydrogen-bond donors (Lipinski definition) is 1. The molecule has 3 rings (SSSR count). The number of aryl methyl sites for hydroxylation is 1. The molecule has 5 nitrogen and oxygen atoms in total. The molecule has 1 amide bonds. The van der Waals surface area contributed by atoms with E-state index in [4.69, 9.17) is 0 Å². The van der Waals surface area contributed by atoms with E-state index in [0.29, 0.717) is 13.1 Å². The minimum Gasteiger partial charge on any atom is -0.353 e. The average Bonchev–Trinajstić information content (AvgIpc) is 3.00. The first kappa shape index (κ1) is 18.1. The monoisotopic (exact) mass is 350 g/mol. The molecule has 0 spiro atoms.